The van der Waals surface area contributed by atoms with Gasteiger partial charge in [0.1, 0.15) is 5.76 Å². The summed E-state index contributed by atoms with van der Waals surface area (Å²) < 4.78 is 31.4. The van der Waals surface area contributed by atoms with Crippen molar-refractivity contribution >= 4 is 21.7 Å². The van der Waals surface area contributed by atoms with Gasteiger partial charge in [0.05, 0.1) is 11.4 Å². The Morgan fingerprint density at radius 3 is 2.48 bits per heavy atom. The zero-order chi connectivity index (χ0) is 17.0. The molecule has 1 amide bonds. The topological polar surface area (TPSA) is 92.5 Å². The van der Waals surface area contributed by atoms with Gasteiger partial charge in [-0.25, -0.2) is 8.42 Å². The standard InChI is InChI=1S/C15H19N3O4S/c1-11(2)18(23(20,21)13-7-5-4-6-8-13)10-15(19)16-14-9-12(3)22-17-14/h4-9,11H,10H2,1-3H3,(H,16,17,19). The molecule has 124 valence electrons. The second-order valence-electron chi connectivity index (χ2n) is 5.33. The average Bonchev–Trinajstić information content (AvgIpc) is 2.90. The van der Waals surface area contributed by atoms with Crippen LogP contribution in [-0.2, 0) is 14.8 Å². The molecule has 0 aliphatic rings. The van der Waals surface area contributed by atoms with Gasteiger partial charge in [0.2, 0.25) is 15.9 Å². The van der Waals surface area contributed by atoms with Gasteiger partial charge >= 0.3 is 0 Å². The minimum absolute atomic E-state index is 0.152. The maximum atomic E-state index is 12.7. The Bertz CT molecular complexity index is 769. The molecule has 0 bridgehead atoms. The third-order valence-corrected chi connectivity index (χ3v) is 5.16. The summed E-state index contributed by atoms with van der Waals surface area (Å²) in [7, 11) is -3.75. The van der Waals surface area contributed by atoms with Gasteiger partial charge in [0.25, 0.3) is 0 Å². The summed E-state index contributed by atoms with van der Waals surface area (Å²) in [6, 6.07) is 9.22. The number of anilines is 1. The molecule has 0 saturated heterocycles. The van der Waals surface area contributed by atoms with Crippen molar-refractivity contribution in [2.24, 2.45) is 0 Å². The number of sulfonamides is 1. The minimum atomic E-state index is -3.75. The van der Waals surface area contributed by atoms with E-state index < -0.39 is 15.9 Å². The van der Waals surface area contributed by atoms with Gasteiger partial charge in [-0.05, 0) is 32.9 Å². The molecule has 0 radical (unpaired) electrons. The first-order chi connectivity index (χ1) is 10.8. The van der Waals surface area contributed by atoms with Crippen LogP contribution in [-0.4, -0.2) is 36.4 Å². The molecule has 0 spiro atoms. The number of carbonyl (C=O) groups excluding carboxylic acids is 1. The molecule has 7 nitrogen and oxygen atoms in total. The summed E-state index contributed by atoms with van der Waals surface area (Å²) in [5.41, 5.74) is 0. The number of benzene rings is 1. The van der Waals surface area contributed by atoms with E-state index >= 15 is 0 Å². The summed E-state index contributed by atoms with van der Waals surface area (Å²) >= 11 is 0. The Morgan fingerprint density at radius 2 is 1.96 bits per heavy atom. The van der Waals surface area contributed by atoms with Crippen molar-refractivity contribution in [2.75, 3.05) is 11.9 Å². The Labute approximate surface area is 135 Å². The molecule has 23 heavy (non-hydrogen) atoms. The Morgan fingerprint density at radius 1 is 1.30 bits per heavy atom. The zero-order valence-corrected chi connectivity index (χ0v) is 14.0. The third-order valence-electron chi connectivity index (χ3n) is 3.12. The van der Waals surface area contributed by atoms with Crippen LogP contribution < -0.4 is 5.32 Å². The molecule has 0 aliphatic heterocycles. The van der Waals surface area contributed by atoms with Crippen LogP contribution in [0.4, 0.5) is 5.82 Å². The summed E-state index contributed by atoms with van der Waals surface area (Å²) in [5.74, 6) is 0.331. The third kappa shape index (κ3) is 4.17. The average molecular weight is 337 g/mol. The summed E-state index contributed by atoms with van der Waals surface area (Å²) in [6.07, 6.45) is 0. The number of aryl methyl sites for hydroxylation is 1. The van der Waals surface area contributed by atoms with Crippen molar-refractivity contribution in [2.45, 2.75) is 31.7 Å². The number of aromatic nitrogens is 1. The molecule has 8 heteroatoms. The van der Waals surface area contributed by atoms with Crippen LogP contribution in [0, 0.1) is 6.92 Å². The van der Waals surface area contributed by atoms with Crippen LogP contribution >= 0.6 is 0 Å². The minimum Gasteiger partial charge on any atom is -0.360 e. The van der Waals surface area contributed by atoms with Crippen LogP contribution in [0.1, 0.15) is 19.6 Å². The number of rotatable bonds is 6. The van der Waals surface area contributed by atoms with E-state index in [0.717, 1.165) is 4.31 Å². The second kappa shape index (κ2) is 6.93. The van der Waals surface area contributed by atoms with E-state index in [9.17, 15) is 13.2 Å². The summed E-state index contributed by atoms with van der Waals surface area (Å²) in [4.78, 5) is 12.3. The van der Waals surface area contributed by atoms with Crippen molar-refractivity contribution in [1.82, 2.24) is 9.46 Å². The first-order valence-electron chi connectivity index (χ1n) is 7.11. The normalized spacial score (nSPS) is 11.9. The van der Waals surface area contributed by atoms with E-state index in [0.29, 0.717) is 5.76 Å². The van der Waals surface area contributed by atoms with Gasteiger partial charge < -0.3 is 9.84 Å². The van der Waals surface area contributed by atoms with Crippen molar-refractivity contribution in [1.29, 1.82) is 0 Å². The van der Waals surface area contributed by atoms with E-state index in [1.54, 1.807) is 45.0 Å². The van der Waals surface area contributed by atoms with Crippen molar-refractivity contribution < 1.29 is 17.7 Å². The lowest BCUT2D eigenvalue weighted by atomic mass is 10.4. The molecule has 2 aromatic rings. The van der Waals surface area contributed by atoms with Crippen LogP contribution in [0.2, 0.25) is 0 Å². The zero-order valence-electron chi connectivity index (χ0n) is 13.2. The largest absolute Gasteiger partial charge is 0.360 e. The fraction of sp³-hybridized carbons (Fsp3) is 0.333. The fourth-order valence-electron chi connectivity index (χ4n) is 2.02. The number of carbonyl (C=O) groups is 1. The number of nitrogens with one attached hydrogen (secondary N) is 1. The van der Waals surface area contributed by atoms with Gasteiger partial charge in [-0.2, -0.15) is 4.31 Å². The molecule has 0 aliphatic carbocycles. The SMILES string of the molecule is Cc1cc(NC(=O)CN(C(C)C)S(=O)(=O)c2ccccc2)no1. The highest BCUT2D eigenvalue weighted by Gasteiger charge is 2.29. The highest BCUT2D eigenvalue weighted by atomic mass is 32.2. The highest BCUT2D eigenvalue weighted by Crippen LogP contribution is 2.18. The van der Waals surface area contributed by atoms with Crippen LogP contribution in [0.5, 0.6) is 0 Å². The molecule has 1 aromatic heterocycles. The summed E-state index contributed by atoms with van der Waals surface area (Å²) in [6.45, 7) is 4.83. The van der Waals surface area contributed by atoms with E-state index in [1.807, 2.05) is 0 Å². The van der Waals surface area contributed by atoms with Gasteiger partial charge in [-0.15, -0.1) is 0 Å². The molecule has 1 N–H and O–H groups in total. The Balaban J connectivity index is 2.17. The molecular weight excluding hydrogens is 318 g/mol. The lowest BCUT2D eigenvalue weighted by molar-refractivity contribution is -0.116. The fourth-order valence-corrected chi connectivity index (χ4v) is 3.64. The monoisotopic (exact) mass is 337 g/mol. The first kappa shape index (κ1) is 17.2. The van der Waals surface area contributed by atoms with Crippen molar-refractivity contribution in [3.8, 4) is 0 Å². The molecule has 0 saturated carbocycles. The van der Waals surface area contributed by atoms with Gasteiger partial charge in [-0.1, -0.05) is 23.4 Å². The van der Waals surface area contributed by atoms with Gasteiger partial charge in [0.15, 0.2) is 5.82 Å². The smallest absolute Gasteiger partial charge is 0.243 e. The maximum absolute atomic E-state index is 12.7. The highest BCUT2D eigenvalue weighted by molar-refractivity contribution is 7.89. The number of nitrogens with zero attached hydrogens (tertiary/aromatic N) is 2. The number of hydrogen-bond acceptors (Lipinski definition) is 5. The van der Waals surface area contributed by atoms with Crippen LogP contribution in [0.15, 0.2) is 45.8 Å². The van der Waals surface area contributed by atoms with Gasteiger partial charge in [-0.3, -0.25) is 4.79 Å². The molecule has 2 rings (SSSR count). The van der Waals surface area contributed by atoms with E-state index in [2.05, 4.69) is 10.5 Å². The molecule has 0 unspecified atom stereocenters. The molecule has 1 heterocycles. The number of amides is 1. The second-order valence-corrected chi connectivity index (χ2v) is 7.22. The first-order valence-corrected chi connectivity index (χ1v) is 8.55. The van der Waals surface area contributed by atoms with E-state index in [1.165, 1.54) is 12.1 Å². The Kier molecular flexibility index (Phi) is 5.17. The van der Waals surface area contributed by atoms with Crippen molar-refractivity contribution in [3.05, 3.63) is 42.2 Å². The van der Waals surface area contributed by atoms with Crippen LogP contribution in [0.3, 0.4) is 0 Å². The van der Waals surface area contributed by atoms with E-state index in [-0.39, 0.29) is 23.3 Å². The van der Waals surface area contributed by atoms with Crippen LogP contribution in [0.25, 0.3) is 0 Å². The number of hydrogen-bond donors (Lipinski definition) is 1. The quantitative estimate of drug-likeness (QED) is 0.870. The van der Waals surface area contributed by atoms with Gasteiger partial charge in [0, 0.05) is 12.1 Å². The summed E-state index contributed by atoms with van der Waals surface area (Å²) in [5, 5.41) is 6.18. The Hall–Kier alpha value is -2.19. The predicted octanol–water partition coefficient (Wildman–Crippen LogP) is 2.02. The van der Waals surface area contributed by atoms with Crippen molar-refractivity contribution in [3.63, 3.8) is 0 Å². The molecule has 1 aromatic carbocycles. The molecule has 0 fully saturated rings. The lowest BCUT2D eigenvalue weighted by Crippen LogP contribution is -2.42. The lowest BCUT2D eigenvalue weighted by Gasteiger charge is -2.25. The molecular formula is C15H19N3O4S. The predicted molar refractivity (Wildman–Crippen MR) is 85.3 cm³/mol. The maximum Gasteiger partial charge on any atom is 0.243 e. The van der Waals surface area contributed by atoms with E-state index in [4.69, 9.17) is 4.52 Å². The molecule has 0 atom stereocenters.